The number of urea groups is 1. The fourth-order valence-corrected chi connectivity index (χ4v) is 3.45. The van der Waals surface area contributed by atoms with Crippen LogP contribution in [0.5, 0.6) is 0 Å². The maximum absolute atomic E-state index is 12.0. The lowest BCUT2D eigenvalue weighted by Gasteiger charge is -2.26. The molecule has 2 amide bonds. The lowest BCUT2D eigenvalue weighted by atomic mass is 9.96. The largest absolute Gasteiger partial charge is 0.338 e. The Balaban J connectivity index is 1.85. The van der Waals surface area contributed by atoms with Gasteiger partial charge >= 0.3 is 6.03 Å². The van der Waals surface area contributed by atoms with Crippen molar-refractivity contribution < 1.29 is 4.79 Å². The number of fused-ring (bicyclic) bond motifs is 1. The summed E-state index contributed by atoms with van der Waals surface area (Å²) in [5.41, 5.74) is 1.43. The van der Waals surface area contributed by atoms with E-state index in [2.05, 4.69) is 55.7 Å². The molecule has 1 heterocycles. The van der Waals surface area contributed by atoms with Gasteiger partial charge in [-0.1, -0.05) is 39.0 Å². The van der Waals surface area contributed by atoms with Crippen molar-refractivity contribution in [1.29, 1.82) is 0 Å². The molecule has 4 heteroatoms. The predicted molar refractivity (Wildman–Crippen MR) is 91.0 cm³/mol. The summed E-state index contributed by atoms with van der Waals surface area (Å²) < 4.78 is 1.31. The third-order valence-corrected chi connectivity index (χ3v) is 4.30. The Hall–Kier alpha value is -1.55. The molecule has 0 aliphatic rings. The average molecular weight is 304 g/mol. The van der Waals surface area contributed by atoms with Gasteiger partial charge in [0.15, 0.2) is 0 Å². The van der Waals surface area contributed by atoms with Gasteiger partial charge in [0, 0.05) is 24.8 Å². The molecule has 0 saturated heterocycles. The van der Waals surface area contributed by atoms with E-state index in [0.717, 1.165) is 13.0 Å². The van der Waals surface area contributed by atoms with Crippen LogP contribution >= 0.6 is 11.3 Å². The average Bonchev–Trinajstić information content (AvgIpc) is 2.80. The van der Waals surface area contributed by atoms with Crippen molar-refractivity contribution in [2.75, 3.05) is 20.1 Å². The number of thiophene rings is 1. The van der Waals surface area contributed by atoms with E-state index in [4.69, 9.17) is 0 Å². The van der Waals surface area contributed by atoms with Crippen molar-refractivity contribution in [1.82, 2.24) is 10.2 Å². The van der Waals surface area contributed by atoms with E-state index in [1.54, 1.807) is 16.2 Å². The Kier molecular flexibility index (Phi) is 4.88. The van der Waals surface area contributed by atoms with Gasteiger partial charge < -0.3 is 10.2 Å². The summed E-state index contributed by atoms with van der Waals surface area (Å²) in [6, 6.07) is 8.41. The van der Waals surface area contributed by atoms with E-state index >= 15 is 0 Å². The van der Waals surface area contributed by atoms with Crippen molar-refractivity contribution in [3.8, 4) is 0 Å². The van der Waals surface area contributed by atoms with E-state index < -0.39 is 0 Å². The highest BCUT2D eigenvalue weighted by molar-refractivity contribution is 7.17. The molecule has 0 aliphatic heterocycles. The highest BCUT2D eigenvalue weighted by Gasteiger charge is 2.17. The molecule has 0 saturated carbocycles. The molecule has 1 aromatic heterocycles. The fourth-order valence-electron chi connectivity index (χ4n) is 2.45. The molecule has 2 rings (SSSR count). The number of hydrogen-bond acceptors (Lipinski definition) is 2. The van der Waals surface area contributed by atoms with Crippen molar-refractivity contribution in [2.45, 2.75) is 27.2 Å². The number of hydrogen-bond donors (Lipinski definition) is 1. The molecule has 1 aromatic carbocycles. The molecule has 0 atom stereocenters. The molecule has 1 N–H and O–H groups in total. The van der Waals surface area contributed by atoms with E-state index in [-0.39, 0.29) is 11.4 Å². The summed E-state index contributed by atoms with van der Waals surface area (Å²) in [5, 5.41) is 6.50. The number of carbonyl (C=O) groups excluding carboxylic acids is 1. The maximum atomic E-state index is 12.0. The second kappa shape index (κ2) is 6.48. The van der Waals surface area contributed by atoms with Crippen LogP contribution < -0.4 is 5.32 Å². The highest BCUT2D eigenvalue weighted by Crippen LogP contribution is 2.25. The molecule has 2 aromatic rings. The first-order valence-electron chi connectivity index (χ1n) is 7.31. The lowest BCUT2D eigenvalue weighted by molar-refractivity contribution is 0.188. The van der Waals surface area contributed by atoms with E-state index in [1.165, 1.54) is 15.6 Å². The summed E-state index contributed by atoms with van der Waals surface area (Å²) in [7, 11) is 1.85. The molecule has 0 fully saturated rings. The normalized spacial score (nSPS) is 11.6. The second-order valence-electron chi connectivity index (χ2n) is 6.66. The molecule has 21 heavy (non-hydrogen) atoms. The molecule has 0 unspecified atom stereocenters. The summed E-state index contributed by atoms with van der Waals surface area (Å²) in [6.07, 6.45) is 0.874. The van der Waals surface area contributed by atoms with Crippen molar-refractivity contribution in [3.63, 3.8) is 0 Å². The van der Waals surface area contributed by atoms with Gasteiger partial charge in [-0.25, -0.2) is 4.79 Å². The van der Waals surface area contributed by atoms with Gasteiger partial charge in [0.2, 0.25) is 0 Å². The quantitative estimate of drug-likeness (QED) is 0.905. The van der Waals surface area contributed by atoms with E-state index in [0.29, 0.717) is 6.54 Å². The zero-order valence-electron chi connectivity index (χ0n) is 13.3. The van der Waals surface area contributed by atoms with Gasteiger partial charge in [0.05, 0.1) is 0 Å². The van der Waals surface area contributed by atoms with Gasteiger partial charge in [0.25, 0.3) is 0 Å². The molecule has 0 aliphatic carbocycles. The predicted octanol–water partition coefficient (Wildman–Crippen LogP) is 4.13. The van der Waals surface area contributed by atoms with Crippen molar-refractivity contribution in [2.24, 2.45) is 5.41 Å². The third kappa shape index (κ3) is 4.46. The van der Waals surface area contributed by atoms with Gasteiger partial charge in [0.1, 0.15) is 0 Å². The minimum atomic E-state index is 0.00413. The molecule has 0 bridgehead atoms. The molecular formula is C17H24N2OS. The Morgan fingerprint density at radius 1 is 1.29 bits per heavy atom. The lowest BCUT2D eigenvalue weighted by Crippen LogP contribution is -2.42. The van der Waals surface area contributed by atoms with Crippen LogP contribution in [0.25, 0.3) is 10.1 Å². The molecule has 114 valence electrons. The monoisotopic (exact) mass is 304 g/mol. The van der Waals surface area contributed by atoms with Crippen LogP contribution in [0.1, 0.15) is 26.3 Å². The first-order valence-corrected chi connectivity index (χ1v) is 8.19. The Bertz CT molecular complexity index is 613. The Labute approximate surface area is 131 Å². The summed E-state index contributed by atoms with van der Waals surface area (Å²) >= 11 is 1.76. The molecule has 0 radical (unpaired) electrons. The van der Waals surface area contributed by atoms with Crippen LogP contribution in [0, 0.1) is 5.41 Å². The Morgan fingerprint density at radius 2 is 2.00 bits per heavy atom. The minimum absolute atomic E-state index is 0.00413. The van der Waals surface area contributed by atoms with Crippen LogP contribution in [0.4, 0.5) is 4.79 Å². The first-order chi connectivity index (χ1) is 9.87. The van der Waals surface area contributed by atoms with Crippen molar-refractivity contribution >= 4 is 27.5 Å². The standard InChI is InChI=1S/C17H24N2OS/c1-17(2,3)12-19(4)16(20)18-10-9-13-11-21-15-8-6-5-7-14(13)15/h5-8,11H,9-10,12H2,1-4H3,(H,18,20). The zero-order valence-corrected chi connectivity index (χ0v) is 14.1. The van der Waals surface area contributed by atoms with Crippen LogP contribution in [-0.4, -0.2) is 31.1 Å². The number of nitrogens with one attached hydrogen (secondary N) is 1. The number of rotatable bonds is 4. The van der Waals surface area contributed by atoms with Crippen molar-refractivity contribution in [3.05, 3.63) is 35.2 Å². The smallest absolute Gasteiger partial charge is 0.317 e. The SMILES string of the molecule is CN(CC(C)(C)C)C(=O)NCCc1csc2ccccc12. The van der Waals surface area contributed by atoms with Crippen LogP contribution in [0.3, 0.4) is 0 Å². The summed E-state index contributed by atoms with van der Waals surface area (Å²) in [4.78, 5) is 13.8. The van der Waals surface area contributed by atoms with E-state index in [1.807, 2.05) is 7.05 Å². The van der Waals surface area contributed by atoms with Gasteiger partial charge in [-0.15, -0.1) is 11.3 Å². The molecule has 0 spiro atoms. The number of benzene rings is 1. The molecule has 3 nitrogen and oxygen atoms in total. The summed E-state index contributed by atoms with van der Waals surface area (Å²) in [6.45, 7) is 7.82. The van der Waals surface area contributed by atoms with Gasteiger partial charge in [-0.2, -0.15) is 0 Å². The topological polar surface area (TPSA) is 32.3 Å². The number of carbonyl (C=O) groups is 1. The fraction of sp³-hybridized carbons (Fsp3) is 0.471. The molecular weight excluding hydrogens is 280 g/mol. The summed E-state index contributed by atoms with van der Waals surface area (Å²) in [5.74, 6) is 0. The number of nitrogens with zero attached hydrogens (tertiary/aromatic N) is 1. The van der Waals surface area contributed by atoms with E-state index in [9.17, 15) is 4.79 Å². The third-order valence-electron chi connectivity index (χ3n) is 3.29. The maximum Gasteiger partial charge on any atom is 0.317 e. The van der Waals surface area contributed by atoms with Gasteiger partial charge in [-0.05, 0) is 34.2 Å². The minimum Gasteiger partial charge on any atom is -0.338 e. The highest BCUT2D eigenvalue weighted by atomic mass is 32.1. The zero-order chi connectivity index (χ0) is 15.5. The van der Waals surface area contributed by atoms with Gasteiger partial charge in [-0.3, -0.25) is 0 Å². The number of amides is 2. The first kappa shape index (κ1) is 15.8. The Morgan fingerprint density at radius 3 is 2.71 bits per heavy atom. The van der Waals surface area contributed by atoms with Crippen LogP contribution in [0.15, 0.2) is 29.6 Å². The second-order valence-corrected chi connectivity index (χ2v) is 7.57. The van der Waals surface area contributed by atoms with Crippen LogP contribution in [-0.2, 0) is 6.42 Å². The van der Waals surface area contributed by atoms with Crippen LogP contribution in [0.2, 0.25) is 0 Å².